The molecule has 0 saturated heterocycles. The van der Waals surface area contributed by atoms with E-state index in [9.17, 15) is 0 Å². The maximum Gasteiger partial charge on any atom is 0.0923 e. The standard InChI is InChI=1S/C11H14N2.C2H6.H2/c1-7(2)9-4-5-11-10(6-9)8(3)12-13-11;1-2;/h4-7H,1-3H3,(H,12,13);1-2H3;1H. The van der Waals surface area contributed by atoms with Crippen LogP contribution in [0.1, 0.15) is 46.3 Å². The number of aryl methyl sites for hydroxylation is 1. The molecule has 0 radical (unpaired) electrons. The highest BCUT2D eigenvalue weighted by Crippen LogP contribution is 2.21. The predicted molar refractivity (Wildman–Crippen MR) is 68.4 cm³/mol. The molecular weight excluding hydrogens is 184 g/mol. The average molecular weight is 206 g/mol. The fourth-order valence-corrected chi connectivity index (χ4v) is 1.51. The SMILES string of the molecule is CC.Cc1[nH]nc2ccc(C(C)C)cc12.[HH]. The van der Waals surface area contributed by atoms with Crippen LogP contribution in [0.2, 0.25) is 0 Å². The van der Waals surface area contributed by atoms with Gasteiger partial charge in [0.15, 0.2) is 0 Å². The highest BCUT2D eigenvalue weighted by Gasteiger charge is 2.04. The summed E-state index contributed by atoms with van der Waals surface area (Å²) < 4.78 is 0. The number of aromatic amines is 1. The molecule has 0 unspecified atom stereocenters. The lowest BCUT2D eigenvalue weighted by Crippen LogP contribution is -1.85. The number of rotatable bonds is 1. The van der Waals surface area contributed by atoms with Crippen LogP contribution in [0, 0.1) is 6.92 Å². The minimum absolute atomic E-state index is 0. The number of benzene rings is 1. The van der Waals surface area contributed by atoms with Crippen LogP contribution in [0.3, 0.4) is 0 Å². The molecule has 2 rings (SSSR count). The molecule has 0 atom stereocenters. The minimum Gasteiger partial charge on any atom is -0.282 e. The topological polar surface area (TPSA) is 28.7 Å². The second-order valence-corrected chi connectivity index (χ2v) is 3.78. The molecule has 0 aliphatic carbocycles. The summed E-state index contributed by atoms with van der Waals surface area (Å²) in [4.78, 5) is 0. The van der Waals surface area contributed by atoms with Crippen LogP contribution < -0.4 is 0 Å². The summed E-state index contributed by atoms with van der Waals surface area (Å²) >= 11 is 0. The van der Waals surface area contributed by atoms with E-state index < -0.39 is 0 Å². The van der Waals surface area contributed by atoms with Gasteiger partial charge >= 0.3 is 0 Å². The van der Waals surface area contributed by atoms with Crippen molar-refractivity contribution in [3.63, 3.8) is 0 Å². The third-order valence-corrected chi connectivity index (χ3v) is 2.44. The van der Waals surface area contributed by atoms with Crippen molar-refractivity contribution in [3.8, 4) is 0 Å². The molecule has 0 aliphatic heterocycles. The van der Waals surface area contributed by atoms with Gasteiger partial charge in [-0.1, -0.05) is 33.8 Å². The summed E-state index contributed by atoms with van der Waals surface area (Å²) in [6.07, 6.45) is 0. The quantitative estimate of drug-likeness (QED) is 0.741. The van der Waals surface area contributed by atoms with E-state index in [1.807, 2.05) is 13.8 Å². The van der Waals surface area contributed by atoms with Crippen molar-refractivity contribution >= 4 is 10.9 Å². The van der Waals surface area contributed by atoms with Gasteiger partial charge < -0.3 is 0 Å². The lowest BCUT2D eigenvalue weighted by Gasteiger charge is -2.04. The zero-order valence-electron chi connectivity index (χ0n) is 10.3. The van der Waals surface area contributed by atoms with Gasteiger partial charge in [0.05, 0.1) is 5.52 Å². The molecule has 0 spiro atoms. The van der Waals surface area contributed by atoms with Crippen molar-refractivity contribution in [1.82, 2.24) is 10.2 Å². The monoisotopic (exact) mass is 206 g/mol. The fourth-order valence-electron chi connectivity index (χ4n) is 1.51. The zero-order valence-corrected chi connectivity index (χ0v) is 10.3. The Morgan fingerprint density at radius 3 is 2.53 bits per heavy atom. The Bertz CT molecular complexity index is 432. The summed E-state index contributed by atoms with van der Waals surface area (Å²) in [5, 5.41) is 8.43. The Morgan fingerprint density at radius 2 is 1.93 bits per heavy atom. The fraction of sp³-hybridized carbons (Fsp3) is 0.462. The average Bonchev–Trinajstić information content (AvgIpc) is 2.63. The lowest BCUT2D eigenvalue weighted by molar-refractivity contribution is 0.868. The lowest BCUT2D eigenvalue weighted by atomic mass is 10.0. The molecule has 0 fully saturated rings. The summed E-state index contributed by atoms with van der Waals surface area (Å²) in [6.45, 7) is 10.5. The van der Waals surface area contributed by atoms with Crippen LogP contribution in [-0.2, 0) is 0 Å². The van der Waals surface area contributed by atoms with Gasteiger partial charge in [-0.25, -0.2) is 0 Å². The molecule has 2 aromatic rings. The number of nitrogens with zero attached hydrogens (tertiary/aromatic N) is 1. The maximum atomic E-state index is 4.19. The van der Waals surface area contributed by atoms with E-state index in [4.69, 9.17) is 0 Å². The van der Waals surface area contributed by atoms with Gasteiger partial charge in [0, 0.05) is 12.5 Å². The van der Waals surface area contributed by atoms with Gasteiger partial charge in [-0.3, -0.25) is 5.10 Å². The summed E-state index contributed by atoms with van der Waals surface area (Å²) in [7, 11) is 0. The van der Waals surface area contributed by atoms with Crippen molar-refractivity contribution in [2.45, 2.75) is 40.5 Å². The largest absolute Gasteiger partial charge is 0.282 e. The van der Waals surface area contributed by atoms with Crippen LogP contribution in [0.4, 0.5) is 0 Å². The Hall–Kier alpha value is -1.31. The van der Waals surface area contributed by atoms with Crippen LogP contribution in [0.15, 0.2) is 18.2 Å². The van der Waals surface area contributed by atoms with Gasteiger partial charge in [0.2, 0.25) is 0 Å². The number of nitrogens with one attached hydrogen (secondary N) is 1. The van der Waals surface area contributed by atoms with E-state index >= 15 is 0 Å². The Kier molecular flexibility index (Phi) is 3.89. The Balaban J connectivity index is 0.000000711. The van der Waals surface area contributed by atoms with Gasteiger partial charge in [-0.2, -0.15) is 5.10 Å². The third-order valence-electron chi connectivity index (χ3n) is 2.44. The van der Waals surface area contributed by atoms with Crippen LogP contribution in [0.5, 0.6) is 0 Å². The molecule has 84 valence electrons. The molecule has 1 aromatic carbocycles. The summed E-state index contributed by atoms with van der Waals surface area (Å²) in [5.41, 5.74) is 3.58. The van der Waals surface area contributed by atoms with E-state index in [2.05, 4.69) is 49.2 Å². The van der Waals surface area contributed by atoms with Crippen molar-refractivity contribution in [2.24, 2.45) is 0 Å². The van der Waals surface area contributed by atoms with E-state index in [0.717, 1.165) is 11.2 Å². The maximum absolute atomic E-state index is 4.19. The van der Waals surface area contributed by atoms with Crippen molar-refractivity contribution < 1.29 is 1.43 Å². The van der Waals surface area contributed by atoms with E-state index in [1.165, 1.54) is 10.9 Å². The molecular formula is C13H22N2. The molecule has 1 heterocycles. The van der Waals surface area contributed by atoms with Crippen LogP contribution in [0.25, 0.3) is 10.9 Å². The van der Waals surface area contributed by atoms with E-state index in [1.54, 1.807) is 0 Å². The summed E-state index contributed by atoms with van der Waals surface area (Å²) in [5.74, 6) is 0.582. The molecule has 0 aliphatic rings. The normalized spacial score (nSPS) is 10.3. The second-order valence-electron chi connectivity index (χ2n) is 3.78. The van der Waals surface area contributed by atoms with Crippen molar-refractivity contribution in [3.05, 3.63) is 29.5 Å². The number of aromatic nitrogens is 2. The molecule has 1 aromatic heterocycles. The smallest absolute Gasteiger partial charge is 0.0923 e. The van der Waals surface area contributed by atoms with Crippen molar-refractivity contribution in [1.29, 1.82) is 0 Å². The van der Waals surface area contributed by atoms with Gasteiger partial charge in [0.1, 0.15) is 0 Å². The van der Waals surface area contributed by atoms with Crippen LogP contribution >= 0.6 is 0 Å². The van der Waals surface area contributed by atoms with Gasteiger partial charge in [-0.15, -0.1) is 0 Å². The number of fused-ring (bicyclic) bond motifs is 1. The number of hydrogen-bond acceptors (Lipinski definition) is 1. The first-order chi connectivity index (χ1) is 7.18. The first-order valence-corrected chi connectivity index (χ1v) is 5.63. The molecule has 0 amide bonds. The molecule has 0 saturated carbocycles. The molecule has 0 bridgehead atoms. The molecule has 15 heavy (non-hydrogen) atoms. The number of H-pyrrole nitrogens is 1. The third kappa shape index (κ3) is 2.38. The first-order valence-electron chi connectivity index (χ1n) is 5.63. The van der Waals surface area contributed by atoms with Crippen LogP contribution in [-0.4, -0.2) is 10.2 Å². The first kappa shape index (κ1) is 11.8. The van der Waals surface area contributed by atoms with Crippen molar-refractivity contribution in [2.75, 3.05) is 0 Å². The Labute approximate surface area is 93.2 Å². The van der Waals surface area contributed by atoms with E-state index in [-0.39, 0.29) is 1.43 Å². The Morgan fingerprint density at radius 1 is 1.27 bits per heavy atom. The van der Waals surface area contributed by atoms with Gasteiger partial charge in [0.25, 0.3) is 0 Å². The highest BCUT2D eigenvalue weighted by atomic mass is 15.1. The molecule has 1 N–H and O–H groups in total. The highest BCUT2D eigenvalue weighted by molar-refractivity contribution is 5.81. The summed E-state index contributed by atoms with van der Waals surface area (Å²) in [6, 6.07) is 6.44. The predicted octanol–water partition coefficient (Wildman–Crippen LogP) is 4.27. The molecule has 2 heteroatoms. The zero-order chi connectivity index (χ0) is 11.4. The van der Waals surface area contributed by atoms with Gasteiger partial charge in [-0.05, 0) is 30.5 Å². The molecule has 2 nitrogen and oxygen atoms in total. The minimum atomic E-state index is 0. The number of hydrogen-bond donors (Lipinski definition) is 1. The van der Waals surface area contributed by atoms with E-state index in [0.29, 0.717) is 5.92 Å². The second kappa shape index (κ2) is 4.96.